The zero-order chi connectivity index (χ0) is 18.2. The van der Waals surface area contributed by atoms with Gasteiger partial charge in [-0.1, -0.05) is 33.3 Å². The number of aliphatic imine (C=N–C) groups is 1. The molecule has 1 fully saturated rings. The van der Waals surface area contributed by atoms with Crippen molar-refractivity contribution in [3.05, 3.63) is 12.7 Å². The normalized spacial score (nSPS) is 22.5. The van der Waals surface area contributed by atoms with Crippen molar-refractivity contribution in [2.45, 2.75) is 52.2 Å². The predicted octanol–water partition coefficient (Wildman–Crippen LogP) is 1.78. The lowest BCUT2D eigenvalue weighted by Gasteiger charge is -2.52. The number of amides is 1. The van der Waals surface area contributed by atoms with Crippen LogP contribution in [0.5, 0.6) is 0 Å². The van der Waals surface area contributed by atoms with E-state index in [1.807, 2.05) is 0 Å². The highest BCUT2D eigenvalue weighted by atomic mass is 16.5. The third kappa shape index (κ3) is 5.82. The zero-order valence-electron chi connectivity index (χ0n) is 15.9. The van der Waals surface area contributed by atoms with Gasteiger partial charge in [0, 0.05) is 38.7 Å². The largest absolute Gasteiger partial charge is 0.378 e. The third-order valence-corrected chi connectivity index (χ3v) is 4.59. The number of carbonyl (C=O) groups is 1. The second kappa shape index (κ2) is 9.67. The summed E-state index contributed by atoms with van der Waals surface area (Å²) < 4.78 is 5.98. The Labute approximate surface area is 146 Å². The molecule has 1 aliphatic rings. The quantitative estimate of drug-likeness (QED) is 0.291. The van der Waals surface area contributed by atoms with Crippen LogP contribution in [0.25, 0.3) is 0 Å². The fourth-order valence-electron chi connectivity index (χ4n) is 2.56. The number of unbranched alkanes of at least 4 members (excludes halogenated alkanes) is 1. The van der Waals surface area contributed by atoms with Gasteiger partial charge < -0.3 is 20.3 Å². The van der Waals surface area contributed by atoms with Gasteiger partial charge in [0.2, 0.25) is 5.91 Å². The van der Waals surface area contributed by atoms with E-state index in [2.05, 4.69) is 43.0 Å². The van der Waals surface area contributed by atoms with Gasteiger partial charge in [-0.3, -0.25) is 4.79 Å². The molecule has 0 aromatic rings. The van der Waals surface area contributed by atoms with Crippen molar-refractivity contribution in [2.75, 3.05) is 33.8 Å². The van der Waals surface area contributed by atoms with Crippen LogP contribution in [-0.2, 0) is 9.53 Å². The molecule has 2 atom stereocenters. The van der Waals surface area contributed by atoms with Crippen molar-refractivity contribution in [3.8, 4) is 0 Å². The number of guanidine groups is 1. The topological polar surface area (TPSA) is 66.0 Å². The number of hydrogen-bond acceptors (Lipinski definition) is 3. The molecule has 0 spiro atoms. The van der Waals surface area contributed by atoms with Crippen molar-refractivity contribution in [1.29, 1.82) is 0 Å². The molecule has 24 heavy (non-hydrogen) atoms. The summed E-state index contributed by atoms with van der Waals surface area (Å²) in [5.74, 6) is 0.624. The molecule has 2 unspecified atom stereocenters. The predicted molar refractivity (Wildman–Crippen MR) is 99.2 cm³/mol. The smallest absolute Gasteiger partial charge is 0.243 e. The van der Waals surface area contributed by atoms with Gasteiger partial charge in [0.05, 0.1) is 6.10 Å². The molecule has 2 N–H and O–H groups in total. The van der Waals surface area contributed by atoms with Crippen LogP contribution in [0, 0.1) is 5.41 Å². The Morgan fingerprint density at radius 2 is 2.17 bits per heavy atom. The molecule has 138 valence electrons. The Bertz CT molecular complexity index is 446. The average Bonchev–Trinajstić information content (AvgIpc) is 2.54. The van der Waals surface area contributed by atoms with Gasteiger partial charge in [-0.2, -0.15) is 0 Å². The number of hydrogen-bond donors (Lipinski definition) is 2. The molecular weight excluding hydrogens is 304 g/mol. The molecule has 0 aromatic heterocycles. The van der Waals surface area contributed by atoms with Gasteiger partial charge in [0.1, 0.15) is 6.54 Å². The van der Waals surface area contributed by atoms with Gasteiger partial charge in [-0.05, 0) is 12.8 Å². The number of nitrogens with one attached hydrogen (secondary N) is 2. The molecule has 6 nitrogen and oxygen atoms in total. The van der Waals surface area contributed by atoms with E-state index in [-0.39, 0.29) is 30.0 Å². The van der Waals surface area contributed by atoms with Crippen LogP contribution < -0.4 is 10.6 Å². The lowest BCUT2D eigenvalue weighted by atomic mass is 9.64. The molecule has 0 radical (unpaired) electrons. The van der Waals surface area contributed by atoms with Crippen LogP contribution in [0.2, 0.25) is 0 Å². The van der Waals surface area contributed by atoms with Gasteiger partial charge in [-0.25, -0.2) is 4.99 Å². The summed E-state index contributed by atoms with van der Waals surface area (Å²) in [7, 11) is 3.46. The highest BCUT2D eigenvalue weighted by molar-refractivity contribution is 5.85. The average molecular weight is 338 g/mol. The number of nitrogens with zero attached hydrogens (tertiary/aromatic N) is 2. The van der Waals surface area contributed by atoms with E-state index in [9.17, 15) is 4.79 Å². The second-order valence-corrected chi connectivity index (χ2v) is 7.09. The SMILES string of the molecule is C=CCNC(=NCC(=O)N(C)C)NC1CC(OCCCC)C1(C)C. The Kier molecular flexibility index (Phi) is 8.25. The third-order valence-electron chi connectivity index (χ3n) is 4.59. The highest BCUT2D eigenvalue weighted by Crippen LogP contribution is 2.42. The van der Waals surface area contributed by atoms with Crippen LogP contribution in [0.4, 0.5) is 0 Å². The van der Waals surface area contributed by atoms with E-state index in [0.29, 0.717) is 12.5 Å². The molecule has 0 aromatic carbocycles. The van der Waals surface area contributed by atoms with Gasteiger partial charge >= 0.3 is 0 Å². The maximum Gasteiger partial charge on any atom is 0.243 e. The van der Waals surface area contributed by atoms with Crippen molar-refractivity contribution < 1.29 is 9.53 Å². The van der Waals surface area contributed by atoms with Crippen LogP contribution in [0.3, 0.4) is 0 Å². The van der Waals surface area contributed by atoms with Gasteiger partial charge in [-0.15, -0.1) is 6.58 Å². The molecule has 1 aliphatic carbocycles. The summed E-state index contributed by atoms with van der Waals surface area (Å²) in [6.07, 6.45) is 5.24. The lowest BCUT2D eigenvalue weighted by molar-refractivity contribution is -0.127. The maximum atomic E-state index is 11.7. The minimum atomic E-state index is -0.0247. The first-order valence-electron chi connectivity index (χ1n) is 8.80. The van der Waals surface area contributed by atoms with Crippen molar-refractivity contribution in [3.63, 3.8) is 0 Å². The zero-order valence-corrected chi connectivity index (χ0v) is 15.9. The molecule has 0 bridgehead atoms. The minimum Gasteiger partial charge on any atom is -0.378 e. The number of ether oxygens (including phenoxy) is 1. The first kappa shape index (κ1) is 20.5. The minimum absolute atomic E-state index is 0.0247. The van der Waals surface area contributed by atoms with E-state index in [4.69, 9.17) is 4.74 Å². The molecule has 0 aliphatic heterocycles. The first-order chi connectivity index (χ1) is 11.3. The van der Waals surface area contributed by atoms with Crippen LogP contribution in [0.1, 0.15) is 40.0 Å². The van der Waals surface area contributed by atoms with E-state index < -0.39 is 0 Å². The Hall–Kier alpha value is -1.56. The van der Waals surface area contributed by atoms with E-state index in [1.54, 1.807) is 25.1 Å². The number of rotatable bonds is 9. The Morgan fingerprint density at radius 3 is 2.71 bits per heavy atom. The number of carbonyl (C=O) groups excluding carboxylic acids is 1. The molecule has 1 amide bonds. The van der Waals surface area contributed by atoms with Gasteiger partial charge in [0.15, 0.2) is 5.96 Å². The summed E-state index contributed by atoms with van der Waals surface area (Å²) in [5, 5.41) is 6.61. The van der Waals surface area contributed by atoms with Crippen molar-refractivity contribution in [2.24, 2.45) is 10.4 Å². The summed E-state index contributed by atoms with van der Waals surface area (Å²) in [6, 6.07) is 0.273. The van der Waals surface area contributed by atoms with Gasteiger partial charge in [0.25, 0.3) is 0 Å². The van der Waals surface area contributed by atoms with Crippen LogP contribution >= 0.6 is 0 Å². The van der Waals surface area contributed by atoms with Crippen molar-refractivity contribution in [1.82, 2.24) is 15.5 Å². The molecular formula is C18H34N4O2. The van der Waals surface area contributed by atoms with E-state index >= 15 is 0 Å². The van der Waals surface area contributed by atoms with Crippen LogP contribution in [0.15, 0.2) is 17.6 Å². The number of likely N-dealkylation sites (N-methyl/N-ethyl adjacent to an activating group) is 1. The second-order valence-electron chi connectivity index (χ2n) is 7.09. The summed E-state index contributed by atoms with van der Waals surface area (Å²) >= 11 is 0. The first-order valence-corrected chi connectivity index (χ1v) is 8.80. The van der Waals surface area contributed by atoms with Crippen LogP contribution in [-0.4, -0.2) is 62.7 Å². The molecule has 1 rings (SSSR count). The summed E-state index contributed by atoms with van der Waals surface area (Å²) in [5.41, 5.74) is 0.0376. The highest BCUT2D eigenvalue weighted by Gasteiger charge is 2.49. The molecule has 0 saturated heterocycles. The molecule has 1 saturated carbocycles. The fourth-order valence-corrected chi connectivity index (χ4v) is 2.56. The Balaban J connectivity index is 2.59. The van der Waals surface area contributed by atoms with E-state index in [0.717, 1.165) is 25.9 Å². The summed E-state index contributed by atoms with van der Waals surface area (Å²) in [4.78, 5) is 17.7. The van der Waals surface area contributed by atoms with Crippen molar-refractivity contribution >= 4 is 11.9 Å². The molecule has 0 heterocycles. The maximum absolute atomic E-state index is 11.7. The summed E-state index contributed by atoms with van der Waals surface area (Å²) in [6.45, 7) is 11.9. The van der Waals surface area contributed by atoms with E-state index in [1.165, 1.54) is 0 Å². The lowest BCUT2D eigenvalue weighted by Crippen LogP contribution is -2.63. The monoisotopic (exact) mass is 338 g/mol. The molecule has 6 heteroatoms. The standard InChI is InChI=1S/C18H34N4O2/c1-7-9-11-24-15-12-14(18(15,3)4)21-17(19-10-8-2)20-13-16(23)22(5)6/h8,14-15H,2,7,9-13H2,1,3-6H3,(H2,19,20,21). The Morgan fingerprint density at radius 1 is 1.46 bits per heavy atom. The fraction of sp³-hybridized carbons (Fsp3) is 0.778.